The van der Waals surface area contributed by atoms with Crippen LogP contribution in [0, 0.1) is 17.3 Å². The number of carbonyl (C=O) groups is 3. The summed E-state index contributed by atoms with van der Waals surface area (Å²) in [6.45, 7) is 10.5. The number of methoxy groups -OCH3 is 2. The van der Waals surface area contributed by atoms with E-state index in [0.717, 1.165) is 24.1 Å². The second-order valence-corrected chi connectivity index (χ2v) is 18.5. The van der Waals surface area contributed by atoms with Crippen LogP contribution in [0.25, 0.3) is 11.3 Å². The van der Waals surface area contributed by atoms with Crippen LogP contribution in [0.5, 0.6) is 11.5 Å². The number of rotatable bonds is 15. The third-order valence-electron chi connectivity index (χ3n) is 12.1. The molecule has 2 aliphatic rings. The van der Waals surface area contributed by atoms with Crippen molar-refractivity contribution in [1.29, 1.82) is 0 Å². The van der Waals surface area contributed by atoms with Crippen LogP contribution >= 0.6 is 0 Å². The second-order valence-electron chi connectivity index (χ2n) is 18.5. The first-order chi connectivity index (χ1) is 28.9. The lowest BCUT2D eigenvalue weighted by molar-refractivity contribution is -0.124. The molecule has 0 spiro atoms. The molecule has 1 aliphatic carbocycles. The van der Waals surface area contributed by atoms with Crippen molar-refractivity contribution in [3.05, 3.63) is 48.7 Å². The summed E-state index contributed by atoms with van der Waals surface area (Å²) in [7, 11) is 3.11. The SMILES string of the molecule is COc1ccc(OC)c(N2CC(C(=O)Nc3ccc(-c4cn(CC(C)(C)COCC(C)CC(=O)NC5(C)CCCCCCCCCCCCCCC5)nn4)cc3)CC2=O)c1. The van der Waals surface area contributed by atoms with Crippen LogP contribution < -0.4 is 25.0 Å². The predicted molar refractivity (Wildman–Crippen MR) is 238 cm³/mol. The molecular weight excluding hydrogens is 757 g/mol. The number of anilines is 2. The summed E-state index contributed by atoms with van der Waals surface area (Å²) >= 11 is 0. The molecule has 2 heterocycles. The smallest absolute Gasteiger partial charge is 0.229 e. The average Bonchev–Trinajstić information content (AvgIpc) is 3.84. The molecule has 5 rings (SSSR count). The van der Waals surface area contributed by atoms with Gasteiger partial charge in [0.15, 0.2) is 0 Å². The predicted octanol–water partition coefficient (Wildman–Crippen LogP) is 9.76. The third kappa shape index (κ3) is 14.6. The number of nitrogens with one attached hydrogen (secondary N) is 2. The minimum Gasteiger partial charge on any atom is -0.497 e. The van der Waals surface area contributed by atoms with E-state index in [0.29, 0.717) is 49.1 Å². The lowest BCUT2D eigenvalue weighted by Crippen LogP contribution is -2.46. The van der Waals surface area contributed by atoms with E-state index < -0.39 is 5.92 Å². The molecule has 60 heavy (non-hydrogen) atoms. The molecule has 3 aromatic rings. The number of amides is 3. The van der Waals surface area contributed by atoms with Crippen molar-refractivity contribution in [3.63, 3.8) is 0 Å². The van der Waals surface area contributed by atoms with E-state index in [1.54, 1.807) is 37.3 Å². The highest BCUT2D eigenvalue weighted by Crippen LogP contribution is 2.36. The first kappa shape index (κ1) is 46.6. The van der Waals surface area contributed by atoms with Gasteiger partial charge in [-0.1, -0.05) is 122 Å². The van der Waals surface area contributed by atoms with Crippen LogP contribution in [0.3, 0.4) is 0 Å². The van der Waals surface area contributed by atoms with Gasteiger partial charge in [-0.3, -0.25) is 19.1 Å². The Balaban J connectivity index is 1.04. The van der Waals surface area contributed by atoms with Crippen molar-refractivity contribution in [1.82, 2.24) is 20.3 Å². The monoisotopic (exact) mass is 829 g/mol. The number of hydrogen-bond acceptors (Lipinski definition) is 8. The highest BCUT2D eigenvalue weighted by Gasteiger charge is 2.36. The van der Waals surface area contributed by atoms with Gasteiger partial charge in [-0.25, -0.2) is 0 Å². The van der Waals surface area contributed by atoms with E-state index in [1.165, 1.54) is 83.5 Å². The summed E-state index contributed by atoms with van der Waals surface area (Å²) < 4.78 is 18.8. The summed E-state index contributed by atoms with van der Waals surface area (Å²) in [4.78, 5) is 41.1. The third-order valence-corrected chi connectivity index (χ3v) is 12.1. The van der Waals surface area contributed by atoms with E-state index in [2.05, 4.69) is 48.6 Å². The van der Waals surface area contributed by atoms with E-state index in [1.807, 2.05) is 35.1 Å². The number of benzene rings is 2. The zero-order valence-electron chi connectivity index (χ0n) is 37.4. The van der Waals surface area contributed by atoms with Crippen molar-refractivity contribution < 1.29 is 28.6 Å². The summed E-state index contributed by atoms with van der Waals surface area (Å²) in [6.07, 6.45) is 21.7. The summed E-state index contributed by atoms with van der Waals surface area (Å²) in [5.74, 6) is 0.504. The molecule has 1 saturated carbocycles. The van der Waals surface area contributed by atoms with Crippen molar-refractivity contribution in [2.75, 3.05) is 44.2 Å². The molecule has 2 unspecified atom stereocenters. The highest BCUT2D eigenvalue weighted by molar-refractivity contribution is 6.04. The van der Waals surface area contributed by atoms with E-state index in [9.17, 15) is 14.4 Å². The van der Waals surface area contributed by atoms with Gasteiger partial charge in [-0.2, -0.15) is 0 Å². The fraction of sp³-hybridized carbons (Fsp3) is 0.646. The zero-order valence-corrected chi connectivity index (χ0v) is 37.4. The zero-order chi connectivity index (χ0) is 43.0. The van der Waals surface area contributed by atoms with Crippen molar-refractivity contribution in [3.8, 4) is 22.8 Å². The van der Waals surface area contributed by atoms with E-state index in [-0.39, 0.29) is 47.6 Å². The Morgan fingerprint density at radius 3 is 2.10 bits per heavy atom. The largest absolute Gasteiger partial charge is 0.497 e. The van der Waals surface area contributed by atoms with Crippen LogP contribution in [0.15, 0.2) is 48.7 Å². The molecule has 2 fully saturated rings. The Morgan fingerprint density at radius 1 is 0.883 bits per heavy atom. The van der Waals surface area contributed by atoms with Crippen LogP contribution in [-0.4, -0.2) is 72.2 Å². The molecule has 12 heteroatoms. The molecular formula is C48H72N6O6. The normalized spacial score (nSPS) is 19.1. The van der Waals surface area contributed by atoms with E-state index >= 15 is 0 Å². The number of nitrogens with zero attached hydrogens (tertiary/aromatic N) is 4. The molecule has 330 valence electrons. The van der Waals surface area contributed by atoms with Crippen molar-refractivity contribution >= 4 is 29.1 Å². The van der Waals surface area contributed by atoms with Gasteiger partial charge < -0.3 is 29.7 Å². The van der Waals surface area contributed by atoms with Crippen LogP contribution in [0.4, 0.5) is 11.4 Å². The second kappa shape index (κ2) is 23.0. The van der Waals surface area contributed by atoms with Gasteiger partial charge in [0.2, 0.25) is 17.7 Å². The quantitative estimate of drug-likeness (QED) is 0.155. The molecule has 1 aromatic heterocycles. The van der Waals surface area contributed by atoms with Crippen molar-refractivity contribution in [2.45, 2.75) is 149 Å². The Kier molecular flexibility index (Phi) is 17.8. The molecule has 2 atom stereocenters. The average molecular weight is 829 g/mol. The minimum absolute atomic E-state index is 0.102. The number of ether oxygens (including phenoxy) is 3. The van der Waals surface area contributed by atoms with Gasteiger partial charge in [0, 0.05) is 60.8 Å². The molecule has 1 aliphatic heterocycles. The minimum atomic E-state index is -0.514. The molecule has 0 bridgehead atoms. The first-order valence-electron chi connectivity index (χ1n) is 22.6. The summed E-state index contributed by atoms with van der Waals surface area (Å²) in [6, 6.07) is 12.7. The van der Waals surface area contributed by atoms with Crippen LogP contribution in [0.2, 0.25) is 0 Å². The molecule has 0 radical (unpaired) electrons. The standard InChI is InChI=1S/C48H72N6O6/c1-36(28-44(55)50-48(4)26-18-16-14-12-10-8-7-9-11-13-15-17-19-27-48)33-60-35-47(2,3)34-53-32-41(51-52-53)37-20-22-39(23-21-37)49-46(57)38-29-45(56)54(31-38)42-30-40(58-5)24-25-43(42)59-6/h20-25,30,32,36,38H,7-19,26-29,31,33-35H2,1-6H3,(H,49,57)(H,50,55). The topological polar surface area (TPSA) is 137 Å². The maximum atomic E-state index is 13.3. The summed E-state index contributed by atoms with van der Waals surface area (Å²) in [5.41, 5.74) is 2.45. The van der Waals surface area contributed by atoms with Crippen LogP contribution in [-0.2, 0) is 25.7 Å². The highest BCUT2D eigenvalue weighted by atomic mass is 16.5. The van der Waals surface area contributed by atoms with Gasteiger partial charge in [0.05, 0.1) is 38.6 Å². The van der Waals surface area contributed by atoms with Crippen LogP contribution in [0.1, 0.15) is 137 Å². The Hall–Kier alpha value is -4.45. The summed E-state index contributed by atoms with van der Waals surface area (Å²) in [5, 5.41) is 15.2. The lowest BCUT2D eigenvalue weighted by atomic mass is 9.87. The Labute approximate surface area is 358 Å². The van der Waals surface area contributed by atoms with Gasteiger partial charge in [-0.15, -0.1) is 5.10 Å². The fourth-order valence-electron chi connectivity index (χ4n) is 8.61. The van der Waals surface area contributed by atoms with Crippen molar-refractivity contribution in [2.24, 2.45) is 17.3 Å². The van der Waals surface area contributed by atoms with Gasteiger partial charge in [0.1, 0.15) is 17.2 Å². The number of hydrogen-bond donors (Lipinski definition) is 2. The molecule has 3 amide bonds. The van der Waals surface area contributed by atoms with Gasteiger partial charge in [-0.05, 0) is 49.9 Å². The Bertz CT molecular complexity index is 1790. The van der Waals surface area contributed by atoms with Gasteiger partial charge >= 0.3 is 0 Å². The molecule has 12 nitrogen and oxygen atoms in total. The van der Waals surface area contributed by atoms with Gasteiger partial charge in [0.25, 0.3) is 0 Å². The maximum Gasteiger partial charge on any atom is 0.229 e. The number of carbonyl (C=O) groups excluding carboxylic acids is 3. The fourth-order valence-corrected chi connectivity index (χ4v) is 8.61. The Morgan fingerprint density at radius 2 is 1.50 bits per heavy atom. The maximum absolute atomic E-state index is 13.3. The first-order valence-corrected chi connectivity index (χ1v) is 22.6. The number of aromatic nitrogens is 3. The lowest BCUT2D eigenvalue weighted by Gasteiger charge is -2.32. The molecule has 2 N–H and O–H groups in total. The molecule has 1 saturated heterocycles. The van der Waals surface area contributed by atoms with E-state index in [4.69, 9.17) is 14.2 Å². The molecule has 2 aromatic carbocycles.